The largest absolute Gasteiger partial charge is 0.480 e. The molecule has 1 aliphatic heterocycles. The molecule has 4 heteroatoms. The standard InChI is InChI=1S/C13H23NO3/c1-5-13(6-2)7-8-14(9-13)10(15)12(3,4)11(16)17/h5-9H2,1-4H3,(H,16,17). The molecule has 1 aliphatic rings. The first-order valence-electron chi connectivity index (χ1n) is 6.32. The number of aliphatic carboxylic acids is 1. The van der Waals surface area contributed by atoms with Crippen molar-refractivity contribution in [1.82, 2.24) is 4.90 Å². The zero-order chi connectivity index (χ0) is 13.3. The molecule has 0 saturated carbocycles. The van der Waals surface area contributed by atoms with Crippen molar-refractivity contribution in [1.29, 1.82) is 0 Å². The van der Waals surface area contributed by atoms with Crippen LogP contribution in [0.2, 0.25) is 0 Å². The summed E-state index contributed by atoms with van der Waals surface area (Å²) in [5, 5.41) is 9.07. The summed E-state index contributed by atoms with van der Waals surface area (Å²) in [4.78, 5) is 25.0. The SMILES string of the molecule is CCC1(CC)CCN(C(=O)C(C)(C)C(=O)O)C1. The maximum atomic E-state index is 12.2. The van der Waals surface area contributed by atoms with Crippen molar-refractivity contribution in [2.75, 3.05) is 13.1 Å². The maximum absolute atomic E-state index is 12.2. The first kappa shape index (κ1) is 14.0. The van der Waals surface area contributed by atoms with E-state index in [1.54, 1.807) is 4.90 Å². The predicted molar refractivity (Wildman–Crippen MR) is 65.6 cm³/mol. The van der Waals surface area contributed by atoms with Gasteiger partial charge in [-0.25, -0.2) is 0 Å². The van der Waals surface area contributed by atoms with Crippen LogP contribution in [-0.4, -0.2) is 35.0 Å². The van der Waals surface area contributed by atoms with Gasteiger partial charge in [0.25, 0.3) is 0 Å². The molecule has 1 N–H and O–H groups in total. The van der Waals surface area contributed by atoms with E-state index < -0.39 is 11.4 Å². The fourth-order valence-electron chi connectivity index (χ4n) is 2.42. The van der Waals surface area contributed by atoms with E-state index in [1.165, 1.54) is 13.8 Å². The number of carbonyl (C=O) groups is 2. The molecule has 1 rings (SSSR count). The Kier molecular flexibility index (Phi) is 3.84. The van der Waals surface area contributed by atoms with E-state index in [0.29, 0.717) is 13.1 Å². The van der Waals surface area contributed by atoms with Crippen LogP contribution in [0.5, 0.6) is 0 Å². The summed E-state index contributed by atoms with van der Waals surface area (Å²) in [5.41, 5.74) is -1.11. The molecule has 4 nitrogen and oxygen atoms in total. The summed E-state index contributed by atoms with van der Waals surface area (Å²) >= 11 is 0. The van der Waals surface area contributed by atoms with Gasteiger partial charge < -0.3 is 10.0 Å². The van der Waals surface area contributed by atoms with Crippen molar-refractivity contribution in [3.63, 3.8) is 0 Å². The van der Waals surface area contributed by atoms with E-state index in [4.69, 9.17) is 5.11 Å². The Morgan fingerprint density at radius 2 is 1.82 bits per heavy atom. The van der Waals surface area contributed by atoms with Crippen LogP contribution in [0.3, 0.4) is 0 Å². The van der Waals surface area contributed by atoms with Gasteiger partial charge in [-0.2, -0.15) is 0 Å². The molecule has 0 aromatic heterocycles. The van der Waals surface area contributed by atoms with Crippen LogP contribution in [0, 0.1) is 10.8 Å². The Morgan fingerprint density at radius 3 is 2.18 bits per heavy atom. The van der Waals surface area contributed by atoms with Gasteiger partial charge in [-0.05, 0) is 38.5 Å². The van der Waals surface area contributed by atoms with Gasteiger partial charge in [-0.1, -0.05) is 13.8 Å². The van der Waals surface area contributed by atoms with Crippen molar-refractivity contribution in [3.05, 3.63) is 0 Å². The summed E-state index contributed by atoms with van der Waals surface area (Å²) in [7, 11) is 0. The lowest BCUT2D eigenvalue weighted by Gasteiger charge is -2.29. The highest BCUT2D eigenvalue weighted by Gasteiger charge is 2.44. The van der Waals surface area contributed by atoms with Crippen molar-refractivity contribution in [2.24, 2.45) is 10.8 Å². The summed E-state index contributed by atoms with van der Waals surface area (Å²) in [6.07, 6.45) is 3.07. The Labute approximate surface area is 103 Å². The molecule has 0 unspecified atom stereocenters. The van der Waals surface area contributed by atoms with Gasteiger partial charge in [0, 0.05) is 13.1 Å². The van der Waals surface area contributed by atoms with Crippen LogP contribution in [0.15, 0.2) is 0 Å². The van der Waals surface area contributed by atoms with Gasteiger partial charge in [0.15, 0.2) is 0 Å². The monoisotopic (exact) mass is 241 g/mol. The van der Waals surface area contributed by atoms with Crippen LogP contribution < -0.4 is 0 Å². The lowest BCUT2D eigenvalue weighted by atomic mass is 9.82. The number of likely N-dealkylation sites (tertiary alicyclic amines) is 1. The third-order valence-electron chi connectivity index (χ3n) is 4.29. The molecule has 1 heterocycles. The highest BCUT2D eigenvalue weighted by molar-refractivity contribution is 6.01. The molecular weight excluding hydrogens is 218 g/mol. The molecule has 1 amide bonds. The lowest BCUT2D eigenvalue weighted by Crippen LogP contribution is -2.44. The van der Waals surface area contributed by atoms with E-state index in [0.717, 1.165) is 19.3 Å². The average Bonchev–Trinajstić information content (AvgIpc) is 2.72. The fraction of sp³-hybridized carbons (Fsp3) is 0.846. The number of rotatable bonds is 4. The van der Waals surface area contributed by atoms with Crippen molar-refractivity contribution >= 4 is 11.9 Å². The molecule has 1 fully saturated rings. The minimum Gasteiger partial charge on any atom is -0.480 e. The summed E-state index contributed by atoms with van der Waals surface area (Å²) in [5.74, 6) is -1.30. The minimum absolute atomic E-state index is 0.199. The zero-order valence-electron chi connectivity index (χ0n) is 11.2. The first-order chi connectivity index (χ1) is 7.79. The fourth-order valence-corrected chi connectivity index (χ4v) is 2.42. The molecular formula is C13H23NO3. The number of carbonyl (C=O) groups excluding carboxylic acids is 1. The maximum Gasteiger partial charge on any atom is 0.318 e. The van der Waals surface area contributed by atoms with Gasteiger partial charge in [0.1, 0.15) is 5.41 Å². The molecule has 0 spiro atoms. The zero-order valence-corrected chi connectivity index (χ0v) is 11.2. The molecule has 1 saturated heterocycles. The van der Waals surface area contributed by atoms with Crippen LogP contribution in [0.1, 0.15) is 47.0 Å². The van der Waals surface area contributed by atoms with Gasteiger partial charge in [0.05, 0.1) is 0 Å². The van der Waals surface area contributed by atoms with Gasteiger partial charge in [-0.3, -0.25) is 9.59 Å². The number of hydrogen-bond acceptors (Lipinski definition) is 2. The molecule has 0 aliphatic carbocycles. The third kappa shape index (κ3) is 2.45. The smallest absolute Gasteiger partial charge is 0.318 e. The van der Waals surface area contributed by atoms with Gasteiger partial charge in [-0.15, -0.1) is 0 Å². The summed E-state index contributed by atoms with van der Waals surface area (Å²) in [6.45, 7) is 8.64. The molecule has 0 atom stereocenters. The molecule has 0 radical (unpaired) electrons. The Hall–Kier alpha value is -1.06. The van der Waals surface area contributed by atoms with Gasteiger partial charge >= 0.3 is 5.97 Å². The second-order valence-electron chi connectivity index (χ2n) is 5.61. The number of carboxylic acid groups (broad SMARTS) is 1. The van der Waals surface area contributed by atoms with Crippen LogP contribution in [-0.2, 0) is 9.59 Å². The predicted octanol–water partition coefficient (Wildman–Crippen LogP) is 2.14. The van der Waals surface area contributed by atoms with Crippen molar-refractivity contribution in [3.8, 4) is 0 Å². The van der Waals surface area contributed by atoms with Crippen LogP contribution in [0.4, 0.5) is 0 Å². The molecule has 0 aromatic rings. The molecule has 98 valence electrons. The second-order valence-corrected chi connectivity index (χ2v) is 5.61. The van der Waals surface area contributed by atoms with Gasteiger partial charge in [0.2, 0.25) is 5.91 Å². The second kappa shape index (κ2) is 4.67. The highest BCUT2D eigenvalue weighted by atomic mass is 16.4. The number of hydrogen-bond donors (Lipinski definition) is 1. The molecule has 0 bridgehead atoms. The Morgan fingerprint density at radius 1 is 1.29 bits per heavy atom. The first-order valence-corrected chi connectivity index (χ1v) is 6.32. The minimum atomic E-state index is -1.31. The van der Waals surface area contributed by atoms with Crippen LogP contribution in [0.25, 0.3) is 0 Å². The normalized spacial score (nSPS) is 19.4. The van der Waals surface area contributed by atoms with Crippen molar-refractivity contribution < 1.29 is 14.7 Å². The summed E-state index contributed by atoms with van der Waals surface area (Å²) in [6, 6.07) is 0. The van der Waals surface area contributed by atoms with E-state index in [9.17, 15) is 9.59 Å². The van der Waals surface area contributed by atoms with E-state index >= 15 is 0 Å². The third-order valence-corrected chi connectivity index (χ3v) is 4.29. The Balaban J connectivity index is 2.79. The van der Waals surface area contributed by atoms with E-state index in [2.05, 4.69) is 13.8 Å². The average molecular weight is 241 g/mol. The quantitative estimate of drug-likeness (QED) is 0.767. The molecule has 0 aromatic carbocycles. The van der Waals surface area contributed by atoms with Crippen molar-refractivity contribution in [2.45, 2.75) is 47.0 Å². The lowest BCUT2D eigenvalue weighted by molar-refractivity contribution is -0.157. The van der Waals surface area contributed by atoms with E-state index in [-0.39, 0.29) is 11.3 Å². The number of nitrogens with zero attached hydrogens (tertiary/aromatic N) is 1. The molecule has 17 heavy (non-hydrogen) atoms. The number of carboxylic acids is 1. The van der Waals surface area contributed by atoms with E-state index in [1.807, 2.05) is 0 Å². The highest BCUT2D eigenvalue weighted by Crippen LogP contribution is 2.38. The Bertz CT molecular complexity index is 319. The van der Waals surface area contributed by atoms with Crippen LogP contribution >= 0.6 is 0 Å². The summed E-state index contributed by atoms with van der Waals surface area (Å²) < 4.78 is 0. The number of amides is 1. The topological polar surface area (TPSA) is 57.6 Å².